The first kappa shape index (κ1) is 12.2. The molecule has 0 aliphatic carbocycles. The van der Waals surface area contributed by atoms with Crippen molar-refractivity contribution < 1.29 is 14.7 Å². The summed E-state index contributed by atoms with van der Waals surface area (Å²) in [5.41, 5.74) is 0.287. The number of aromatic nitrogens is 1. The van der Waals surface area contributed by atoms with Crippen molar-refractivity contribution in [2.24, 2.45) is 0 Å². The number of thioether (sulfide) groups is 1. The van der Waals surface area contributed by atoms with Gasteiger partial charge in [0.1, 0.15) is 6.04 Å². The molecule has 1 amide bonds. The van der Waals surface area contributed by atoms with E-state index < -0.39 is 12.0 Å². The zero-order valence-corrected chi connectivity index (χ0v) is 10.2. The number of carboxylic acids is 1. The number of pyridine rings is 1. The Morgan fingerprint density at radius 2 is 2.35 bits per heavy atom. The third-order valence-electron chi connectivity index (χ3n) is 2.43. The maximum absolute atomic E-state index is 12.1. The molecule has 2 rings (SSSR count). The van der Waals surface area contributed by atoms with Crippen molar-refractivity contribution in [1.29, 1.82) is 0 Å². The predicted molar refractivity (Wildman–Crippen MR) is 64.2 cm³/mol. The lowest BCUT2D eigenvalue weighted by atomic mass is 10.2. The summed E-state index contributed by atoms with van der Waals surface area (Å²) in [6.45, 7) is 0. The van der Waals surface area contributed by atoms with Crippen LogP contribution in [-0.2, 0) is 4.79 Å². The van der Waals surface area contributed by atoms with Gasteiger partial charge in [0.25, 0.3) is 5.91 Å². The van der Waals surface area contributed by atoms with E-state index in [1.165, 1.54) is 35.1 Å². The summed E-state index contributed by atoms with van der Waals surface area (Å²) in [4.78, 5) is 28.2. The van der Waals surface area contributed by atoms with Gasteiger partial charge < -0.3 is 10.0 Å². The zero-order valence-electron chi connectivity index (χ0n) is 8.67. The summed E-state index contributed by atoms with van der Waals surface area (Å²) < 4.78 is 0. The summed E-state index contributed by atoms with van der Waals surface area (Å²) >= 11 is 7.27. The normalized spacial score (nSPS) is 19.4. The summed E-state index contributed by atoms with van der Waals surface area (Å²) in [6, 6.07) is 0.712. The molecule has 1 saturated heterocycles. The van der Waals surface area contributed by atoms with E-state index in [9.17, 15) is 9.59 Å². The van der Waals surface area contributed by atoms with E-state index in [2.05, 4.69) is 4.98 Å². The fourth-order valence-corrected chi connectivity index (χ4v) is 2.90. The number of amides is 1. The second-order valence-corrected chi connectivity index (χ2v) is 4.89. The van der Waals surface area contributed by atoms with Crippen molar-refractivity contribution in [1.82, 2.24) is 9.88 Å². The molecule has 0 saturated carbocycles. The SMILES string of the molecule is O=C(O)[C@@H]1CSCN1C(=O)c1ccncc1Cl. The number of aliphatic carboxylic acids is 1. The Bertz CT molecular complexity index is 469. The van der Waals surface area contributed by atoms with Crippen LogP contribution in [0.2, 0.25) is 5.02 Å². The van der Waals surface area contributed by atoms with E-state index in [-0.39, 0.29) is 16.5 Å². The molecule has 1 N–H and O–H groups in total. The number of carboxylic acid groups (broad SMARTS) is 1. The highest BCUT2D eigenvalue weighted by molar-refractivity contribution is 7.99. The van der Waals surface area contributed by atoms with Gasteiger partial charge in [-0.15, -0.1) is 11.8 Å². The topological polar surface area (TPSA) is 70.5 Å². The molecule has 0 spiro atoms. The van der Waals surface area contributed by atoms with Crippen LogP contribution in [0.1, 0.15) is 10.4 Å². The van der Waals surface area contributed by atoms with Crippen molar-refractivity contribution in [2.45, 2.75) is 6.04 Å². The van der Waals surface area contributed by atoms with Crippen LogP contribution >= 0.6 is 23.4 Å². The first-order valence-electron chi connectivity index (χ1n) is 4.82. The number of hydrogen-bond donors (Lipinski definition) is 1. The quantitative estimate of drug-likeness (QED) is 0.880. The second-order valence-electron chi connectivity index (χ2n) is 3.48. The van der Waals surface area contributed by atoms with E-state index in [0.717, 1.165) is 0 Å². The van der Waals surface area contributed by atoms with Gasteiger partial charge in [-0.2, -0.15) is 0 Å². The van der Waals surface area contributed by atoms with Gasteiger partial charge >= 0.3 is 5.97 Å². The van der Waals surface area contributed by atoms with Crippen molar-refractivity contribution in [3.63, 3.8) is 0 Å². The van der Waals surface area contributed by atoms with Crippen LogP contribution in [0.5, 0.6) is 0 Å². The number of carbonyl (C=O) groups is 2. The van der Waals surface area contributed by atoms with Gasteiger partial charge in [-0.25, -0.2) is 4.79 Å². The highest BCUT2D eigenvalue weighted by Crippen LogP contribution is 2.25. The zero-order chi connectivity index (χ0) is 12.4. The Kier molecular flexibility index (Phi) is 3.54. The van der Waals surface area contributed by atoms with E-state index in [1.807, 2.05) is 0 Å². The second kappa shape index (κ2) is 4.93. The number of hydrogen-bond acceptors (Lipinski definition) is 4. The molecular formula is C10H9ClN2O3S. The maximum Gasteiger partial charge on any atom is 0.327 e. The molecule has 1 aliphatic heterocycles. The Morgan fingerprint density at radius 3 is 3.00 bits per heavy atom. The molecule has 90 valence electrons. The molecular weight excluding hydrogens is 264 g/mol. The standard InChI is InChI=1S/C10H9ClN2O3S/c11-7-3-12-2-1-6(7)9(14)13-5-17-4-8(13)10(15)16/h1-3,8H,4-5H2,(H,15,16)/t8-/m0/s1. The molecule has 1 aliphatic rings. The van der Waals surface area contributed by atoms with E-state index in [4.69, 9.17) is 16.7 Å². The van der Waals surface area contributed by atoms with Crippen LogP contribution < -0.4 is 0 Å². The van der Waals surface area contributed by atoms with Crippen molar-refractivity contribution >= 4 is 35.2 Å². The average molecular weight is 273 g/mol. The smallest absolute Gasteiger partial charge is 0.327 e. The van der Waals surface area contributed by atoms with E-state index in [1.54, 1.807) is 0 Å². The third-order valence-corrected chi connectivity index (χ3v) is 3.74. The van der Waals surface area contributed by atoms with Gasteiger partial charge in [0.05, 0.1) is 16.5 Å². The van der Waals surface area contributed by atoms with Crippen molar-refractivity contribution in [3.05, 3.63) is 29.0 Å². The Hall–Kier alpha value is -1.27. The van der Waals surface area contributed by atoms with Gasteiger partial charge in [0.2, 0.25) is 0 Å². The molecule has 0 unspecified atom stereocenters. The molecule has 1 aromatic rings. The van der Waals surface area contributed by atoms with Gasteiger partial charge in [-0.05, 0) is 6.07 Å². The van der Waals surface area contributed by atoms with Gasteiger partial charge in [-0.1, -0.05) is 11.6 Å². The molecule has 1 atom stereocenters. The fraction of sp³-hybridized carbons (Fsp3) is 0.300. The minimum absolute atomic E-state index is 0.235. The van der Waals surface area contributed by atoms with Crippen LogP contribution in [0, 0.1) is 0 Å². The number of carbonyl (C=O) groups excluding carboxylic acids is 1. The van der Waals surface area contributed by atoms with E-state index >= 15 is 0 Å². The minimum atomic E-state index is -0.992. The number of nitrogens with zero attached hydrogens (tertiary/aromatic N) is 2. The number of halogens is 1. The Balaban J connectivity index is 2.26. The molecule has 0 bridgehead atoms. The molecule has 17 heavy (non-hydrogen) atoms. The van der Waals surface area contributed by atoms with Gasteiger partial charge in [0, 0.05) is 18.1 Å². The summed E-state index contributed by atoms with van der Waals surface area (Å²) in [5.74, 6) is -0.582. The maximum atomic E-state index is 12.1. The lowest BCUT2D eigenvalue weighted by Gasteiger charge is -2.20. The molecule has 0 radical (unpaired) electrons. The van der Waals surface area contributed by atoms with Gasteiger partial charge in [-0.3, -0.25) is 9.78 Å². The van der Waals surface area contributed by atoms with Crippen LogP contribution in [0.3, 0.4) is 0 Å². The molecule has 1 fully saturated rings. The highest BCUT2D eigenvalue weighted by Gasteiger charge is 2.35. The minimum Gasteiger partial charge on any atom is -0.480 e. The highest BCUT2D eigenvalue weighted by atomic mass is 35.5. The lowest BCUT2D eigenvalue weighted by molar-refractivity contribution is -0.140. The molecule has 0 aromatic carbocycles. The summed E-state index contributed by atoms with van der Waals surface area (Å²) in [7, 11) is 0. The molecule has 2 heterocycles. The fourth-order valence-electron chi connectivity index (χ4n) is 1.55. The van der Waals surface area contributed by atoms with Crippen LogP contribution in [0.4, 0.5) is 0 Å². The number of rotatable bonds is 2. The Morgan fingerprint density at radius 1 is 1.59 bits per heavy atom. The van der Waals surface area contributed by atoms with Gasteiger partial charge in [0.15, 0.2) is 0 Å². The van der Waals surface area contributed by atoms with Crippen LogP contribution in [0.15, 0.2) is 18.5 Å². The monoisotopic (exact) mass is 272 g/mol. The Labute approximate surface area is 107 Å². The largest absolute Gasteiger partial charge is 0.480 e. The van der Waals surface area contributed by atoms with E-state index in [0.29, 0.717) is 11.6 Å². The molecule has 5 nitrogen and oxygen atoms in total. The third kappa shape index (κ3) is 2.37. The van der Waals surface area contributed by atoms with Crippen molar-refractivity contribution in [3.8, 4) is 0 Å². The average Bonchev–Trinajstić information content (AvgIpc) is 2.77. The predicted octanol–water partition coefficient (Wildman–Crippen LogP) is 1.33. The lowest BCUT2D eigenvalue weighted by Crippen LogP contribution is -2.41. The molecule has 7 heteroatoms. The van der Waals surface area contributed by atoms with Crippen molar-refractivity contribution in [2.75, 3.05) is 11.6 Å². The van der Waals surface area contributed by atoms with Crippen LogP contribution in [-0.4, -0.2) is 44.5 Å². The summed E-state index contributed by atoms with van der Waals surface area (Å²) in [6.07, 6.45) is 2.83. The van der Waals surface area contributed by atoms with Crippen LogP contribution in [0.25, 0.3) is 0 Å². The molecule has 1 aromatic heterocycles. The first-order valence-corrected chi connectivity index (χ1v) is 6.35. The summed E-state index contributed by atoms with van der Waals surface area (Å²) in [5, 5.41) is 9.23. The first-order chi connectivity index (χ1) is 8.11.